The van der Waals surface area contributed by atoms with Crippen molar-refractivity contribution in [3.8, 4) is 0 Å². The lowest BCUT2D eigenvalue weighted by molar-refractivity contribution is -0.135. The third kappa shape index (κ3) is 4.46. The molecule has 3 rings (SSSR count). The maximum atomic E-state index is 12.7. The second-order valence-electron chi connectivity index (χ2n) is 7.24. The molecule has 0 atom stereocenters. The first kappa shape index (κ1) is 18.9. The number of carbonyl (C=O) groups is 1. The summed E-state index contributed by atoms with van der Waals surface area (Å²) in [5.41, 5.74) is 2.61. The molecule has 1 amide bonds. The molecular formula is C21H22Cl2N2O. The van der Waals surface area contributed by atoms with Gasteiger partial charge in [0.1, 0.15) is 0 Å². The van der Waals surface area contributed by atoms with E-state index in [4.69, 9.17) is 23.2 Å². The third-order valence-corrected chi connectivity index (χ3v) is 4.96. The Balaban J connectivity index is 1.69. The second-order valence-corrected chi connectivity index (χ2v) is 8.11. The molecule has 1 heterocycles. The Kier molecular flexibility index (Phi) is 5.69. The monoisotopic (exact) mass is 388 g/mol. The van der Waals surface area contributed by atoms with Crippen molar-refractivity contribution in [1.29, 1.82) is 0 Å². The van der Waals surface area contributed by atoms with Gasteiger partial charge in [0.05, 0.1) is 11.3 Å². The van der Waals surface area contributed by atoms with Gasteiger partial charge in [-0.25, -0.2) is 5.01 Å². The number of hydrogen-bond donors (Lipinski definition) is 0. The van der Waals surface area contributed by atoms with Crippen LogP contribution in [-0.2, 0) is 11.2 Å². The van der Waals surface area contributed by atoms with Crippen molar-refractivity contribution >= 4 is 34.8 Å². The molecule has 26 heavy (non-hydrogen) atoms. The molecule has 0 fully saturated rings. The highest BCUT2D eigenvalue weighted by molar-refractivity contribution is 6.35. The Morgan fingerprint density at radius 1 is 1.12 bits per heavy atom. The van der Waals surface area contributed by atoms with Crippen LogP contribution in [0.5, 0.6) is 0 Å². The summed E-state index contributed by atoms with van der Waals surface area (Å²) in [5.74, 6) is 0.0501. The standard InChI is InChI=1S/C21H22Cl2N2O/c1-21(2)14-19(16-11-17(22)13-18(23)12-16)24-25(21)20(26)10-6-9-15-7-4-3-5-8-15/h3-5,7-8,11-13H,6,9-10,14H2,1-2H3. The number of aryl methyl sites for hydroxylation is 1. The van der Waals surface area contributed by atoms with Crippen LogP contribution in [0.25, 0.3) is 0 Å². The lowest BCUT2D eigenvalue weighted by Crippen LogP contribution is -2.40. The van der Waals surface area contributed by atoms with E-state index in [1.807, 2.05) is 44.2 Å². The fourth-order valence-corrected chi connectivity index (χ4v) is 3.77. The van der Waals surface area contributed by atoms with Crippen LogP contribution >= 0.6 is 23.2 Å². The fourth-order valence-electron chi connectivity index (χ4n) is 3.24. The van der Waals surface area contributed by atoms with Gasteiger partial charge in [0, 0.05) is 28.5 Å². The van der Waals surface area contributed by atoms with Gasteiger partial charge in [-0.2, -0.15) is 5.10 Å². The Labute approximate surface area is 164 Å². The average Bonchev–Trinajstić information content (AvgIpc) is 2.90. The van der Waals surface area contributed by atoms with E-state index >= 15 is 0 Å². The molecule has 5 heteroatoms. The first-order valence-corrected chi connectivity index (χ1v) is 9.52. The van der Waals surface area contributed by atoms with Crippen LogP contribution < -0.4 is 0 Å². The van der Waals surface area contributed by atoms with Crippen molar-refractivity contribution in [3.63, 3.8) is 0 Å². The average molecular weight is 389 g/mol. The van der Waals surface area contributed by atoms with E-state index in [1.54, 1.807) is 11.1 Å². The lowest BCUT2D eigenvalue weighted by atomic mass is 9.94. The van der Waals surface area contributed by atoms with Gasteiger partial charge in [-0.05, 0) is 50.5 Å². The minimum Gasteiger partial charge on any atom is -0.273 e. The van der Waals surface area contributed by atoms with E-state index in [0.29, 0.717) is 22.9 Å². The number of carbonyl (C=O) groups excluding carboxylic acids is 1. The number of nitrogens with zero attached hydrogens (tertiary/aromatic N) is 2. The van der Waals surface area contributed by atoms with Gasteiger partial charge in [0.2, 0.25) is 5.91 Å². The van der Waals surface area contributed by atoms with Crippen LogP contribution in [0.3, 0.4) is 0 Å². The summed E-state index contributed by atoms with van der Waals surface area (Å²) in [5, 5.41) is 7.37. The molecule has 1 aliphatic heterocycles. The van der Waals surface area contributed by atoms with Crippen molar-refractivity contribution in [2.45, 2.75) is 45.1 Å². The molecule has 2 aromatic rings. The van der Waals surface area contributed by atoms with E-state index in [0.717, 1.165) is 24.1 Å². The molecule has 0 aliphatic carbocycles. The minimum atomic E-state index is -0.353. The lowest BCUT2D eigenvalue weighted by Gasteiger charge is -2.28. The molecule has 0 saturated heterocycles. The number of halogens is 2. The molecule has 0 aromatic heterocycles. The zero-order chi connectivity index (χ0) is 18.7. The van der Waals surface area contributed by atoms with Crippen molar-refractivity contribution in [2.75, 3.05) is 0 Å². The SMILES string of the molecule is CC1(C)CC(c2cc(Cl)cc(Cl)c2)=NN1C(=O)CCCc1ccccc1. The largest absolute Gasteiger partial charge is 0.273 e. The third-order valence-electron chi connectivity index (χ3n) is 4.53. The quantitative estimate of drug-likeness (QED) is 0.643. The van der Waals surface area contributed by atoms with E-state index in [-0.39, 0.29) is 11.4 Å². The molecule has 0 saturated carbocycles. The first-order chi connectivity index (χ1) is 12.3. The van der Waals surface area contributed by atoms with Crippen LogP contribution in [0.2, 0.25) is 10.0 Å². The maximum absolute atomic E-state index is 12.7. The number of benzene rings is 2. The molecule has 0 unspecified atom stereocenters. The predicted octanol–water partition coefficient (Wildman–Crippen LogP) is 5.73. The minimum absolute atomic E-state index is 0.0501. The Morgan fingerprint density at radius 2 is 1.77 bits per heavy atom. The van der Waals surface area contributed by atoms with Crippen LogP contribution in [0.1, 0.15) is 44.2 Å². The van der Waals surface area contributed by atoms with Gasteiger partial charge in [0.15, 0.2) is 0 Å². The van der Waals surface area contributed by atoms with Gasteiger partial charge in [0.25, 0.3) is 0 Å². The molecule has 136 valence electrons. The normalized spacial score (nSPS) is 15.8. The number of hydrazone groups is 1. The molecule has 0 bridgehead atoms. The molecule has 0 spiro atoms. The van der Waals surface area contributed by atoms with Crippen molar-refractivity contribution in [3.05, 3.63) is 69.7 Å². The van der Waals surface area contributed by atoms with Crippen LogP contribution in [0.15, 0.2) is 53.6 Å². The molecule has 0 N–H and O–H groups in total. The molecular weight excluding hydrogens is 367 g/mol. The van der Waals surface area contributed by atoms with E-state index in [1.165, 1.54) is 5.56 Å². The van der Waals surface area contributed by atoms with Gasteiger partial charge in [-0.15, -0.1) is 0 Å². The fraction of sp³-hybridized carbons (Fsp3) is 0.333. The Morgan fingerprint density at radius 3 is 2.42 bits per heavy atom. The van der Waals surface area contributed by atoms with Crippen LogP contribution in [0.4, 0.5) is 0 Å². The topological polar surface area (TPSA) is 32.7 Å². The summed E-state index contributed by atoms with van der Waals surface area (Å²) >= 11 is 12.2. The van der Waals surface area contributed by atoms with E-state index in [9.17, 15) is 4.79 Å². The predicted molar refractivity (Wildman–Crippen MR) is 108 cm³/mol. The summed E-state index contributed by atoms with van der Waals surface area (Å²) in [7, 11) is 0. The highest BCUT2D eigenvalue weighted by atomic mass is 35.5. The summed E-state index contributed by atoms with van der Waals surface area (Å²) < 4.78 is 0. The van der Waals surface area contributed by atoms with Crippen molar-refractivity contribution in [2.24, 2.45) is 5.10 Å². The zero-order valence-electron chi connectivity index (χ0n) is 15.0. The first-order valence-electron chi connectivity index (χ1n) is 8.76. The highest BCUT2D eigenvalue weighted by Crippen LogP contribution is 2.32. The maximum Gasteiger partial charge on any atom is 0.243 e. The molecule has 0 radical (unpaired) electrons. The number of amides is 1. The molecule has 2 aromatic carbocycles. The number of rotatable bonds is 5. The molecule has 1 aliphatic rings. The number of hydrogen-bond acceptors (Lipinski definition) is 2. The Hall–Kier alpha value is -1.84. The summed E-state index contributed by atoms with van der Waals surface area (Å²) in [6.45, 7) is 4.06. The van der Waals surface area contributed by atoms with Crippen LogP contribution in [-0.4, -0.2) is 22.2 Å². The van der Waals surface area contributed by atoms with Gasteiger partial charge in [-0.1, -0.05) is 53.5 Å². The van der Waals surface area contributed by atoms with Crippen molar-refractivity contribution < 1.29 is 4.79 Å². The van der Waals surface area contributed by atoms with Gasteiger partial charge in [-0.3, -0.25) is 4.79 Å². The van der Waals surface area contributed by atoms with Crippen LogP contribution in [0, 0.1) is 0 Å². The summed E-state index contributed by atoms with van der Waals surface area (Å²) in [4.78, 5) is 12.7. The molecule has 3 nitrogen and oxygen atoms in total. The second kappa shape index (κ2) is 7.81. The summed E-state index contributed by atoms with van der Waals surface area (Å²) in [6.07, 6.45) is 2.85. The van der Waals surface area contributed by atoms with Gasteiger partial charge >= 0.3 is 0 Å². The smallest absolute Gasteiger partial charge is 0.243 e. The summed E-state index contributed by atoms with van der Waals surface area (Å²) in [6, 6.07) is 15.6. The Bertz CT molecular complexity index is 811. The van der Waals surface area contributed by atoms with Gasteiger partial charge < -0.3 is 0 Å². The zero-order valence-corrected chi connectivity index (χ0v) is 16.5. The van der Waals surface area contributed by atoms with E-state index < -0.39 is 0 Å². The van der Waals surface area contributed by atoms with Crippen molar-refractivity contribution in [1.82, 2.24) is 5.01 Å². The highest BCUT2D eigenvalue weighted by Gasteiger charge is 2.38. The van der Waals surface area contributed by atoms with E-state index in [2.05, 4.69) is 17.2 Å².